The van der Waals surface area contributed by atoms with E-state index in [1.807, 2.05) is 0 Å². The molecule has 0 aliphatic rings. The van der Waals surface area contributed by atoms with Crippen molar-refractivity contribution in [2.45, 2.75) is 6.92 Å². The fourth-order valence-corrected chi connectivity index (χ4v) is 2.01. The van der Waals surface area contributed by atoms with Crippen molar-refractivity contribution < 1.29 is 18.7 Å². The Kier molecular flexibility index (Phi) is 7.19. The number of amides is 2. The number of thiocarbonyl (C=S) groups is 1. The molecule has 1 aromatic carbocycles. The zero-order valence-electron chi connectivity index (χ0n) is 13.7. The van der Waals surface area contributed by atoms with Gasteiger partial charge >= 0.3 is 0 Å². The number of hydrazine groups is 1. The Morgan fingerprint density at radius 1 is 1.19 bits per heavy atom. The zero-order valence-corrected chi connectivity index (χ0v) is 15.3. The van der Waals surface area contributed by atoms with E-state index in [9.17, 15) is 9.59 Å². The van der Waals surface area contributed by atoms with Gasteiger partial charge in [-0.1, -0.05) is 11.6 Å². The molecule has 0 radical (unpaired) electrons. The van der Waals surface area contributed by atoms with Gasteiger partial charge in [0.15, 0.2) is 11.7 Å². The van der Waals surface area contributed by atoms with E-state index >= 15 is 0 Å². The number of ether oxygens (including phenoxy) is 1. The molecule has 1 heterocycles. The molecular weight excluding hydrogens is 378 g/mol. The Bertz CT molecular complexity index is 818. The molecule has 0 unspecified atom stereocenters. The van der Waals surface area contributed by atoms with Crippen LogP contribution in [-0.2, 0) is 9.59 Å². The van der Waals surface area contributed by atoms with Crippen molar-refractivity contribution in [3.63, 3.8) is 0 Å². The quantitative estimate of drug-likeness (QED) is 0.410. The third kappa shape index (κ3) is 6.96. The third-order valence-electron chi connectivity index (χ3n) is 2.90. The molecule has 0 fully saturated rings. The molecule has 0 spiro atoms. The summed E-state index contributed by atoms with van der Waals surface area (Å²) in [6, 6.07) is 10.1. The summed E-state index contributed by atoms with van der Waals surface area (Å²) >= 11 is 10.7. The summed E-state index contributed by atoms with van der Waals surface area (Å²) < 4.78 is 10.6. The highest BCUT2D eigenvalue weighted by Gasteiger charge is 2.05. The molecule has 2 amide bonds. The monoisotopic (exact) mass is 393 g/mol. The summed E-state index contributed by atoms with van der Waals surface area (Å²) in [5.41, 5.74) is 4.71. The standard InChI is InChI=1S/C17H16ClN3O4S/c1-11-2-5-14(25-11)8-9-15(22)19-17(26)21-20-16(23)10-24-13-6-3-12(18)4-7-13/h2-9H,10H2,1H3,(H,20,23)(H2,19,21,22,26). The second-order valence-electron chi connectivity index (χ2n) is 5.02. The lowest BCUT2D eigenvalue weighted by Gasteiger charge is -2.10. The minimum absolute atomic E-state index is 0.0601. The first-order valence-corrected chi connectivity index (χ1v) is 8.23. The summed E-state index contributed by atoms with van der Waals surface area (Å²) in [5.74, 6) is 0.843. The minimum atomic E-state index is -0.474. The zero-order chi connectivity index (χ0) is 18.9. The maximum absolute atomic E-state index is 11.7. The lowest BCUT2D eigenvalue weighted by Crippen LogP contribution is -2.49. The van der Waals surface area contributed by atoms with Crippen LogP contribution >= 0.6 is 23.8 Å². The van der Waals surface area contributed by atoms with Crippen molar-refractivity contribution in [2.75, 3.05) is 6.61 Å². The molecule has 26 heavy (non-hydrogen) atoms. The molecule has 9 heteroatoms. The van der Waals surface area contributed by atoms with Crippen LogP contribution in [-0.4, -0.2) is 23.5 Å². The van der Waals surface area contributed by atoms with Gasteiger partial charge in [-0.15, -0.1) is 0 Å². The van der Waals surface area contributed by atoms with E-state index in [0.29, 0.717) is 16.5 Å². The van der Waals surface area contributed by atoms with Gasteiger partial charge < -0.3 is 9.15 Å². The van der Waals surface area contributed by atoms with E-state index in [-0.39, 0.29) is 11.7 Å². The molecule has 0 atom stereocenters. The van der Waals surface area contributed by atoms with Crippen LogP contribution < -0.4 is 20.9 Å². The number of hydrogen-bond acceptors (Lipinski definition) is 5. The van der Waals surface area contributed by atoms with E-state index in [4.69, 9.17) is 33.0 Å². The number of hydrogen-bond donors (Lipinski definition) is 3. The third-order valence-corrected chi connectivity index (χ3v) is 3.35. The lowest BCUT2D eigenvalue weighted by atomic mass is 10.3. The Hall–Kier alpha value is -2.84. The first-order valence-electron chi connectivity index (χ1n) is 7.45. The largest absolute Gasteiger partial charge is 0.484 e. The van der Waals surface area contributed by atoms with E-state index in [0.717, 1.165) is 5.76 Å². The first-order chi connectivity index (χ1) is 12.4. The van der Waals surface area contributed by atoms with Gasteiger partial charge in [-0.25, -0.2) is 0 Å². The van der Waals surface area contributed by atoms with Crippen LogP contribution in [0.2, 0.25) is 5.02 Å². The molecule has 2 aromatic rings. The van der Waals surface area contributed by atoms with Gasteiger partial charge in [0.25, 0.3) is 5.91 Å². The van der Waals surface area contributed by atoms with Crippen LogP contribution in [0.25, 0.3) is 6.08 Å². The second-order valence-corrected chi connectivity index (χ2v) is 5.86. The number of nitrogens with one attached hydrogen (secondary N) is 3. The highest BCUT2D eigenvalue weighted by molar-refractivity contribution is 7.80. The Labute approximate surface area is 160 Å². The minimum Gasteiger partial charge on any atom is -0.484 e. The molecule has 2 rings (SSSR count). The maximum atomic E-state index is 11.7. The molecule has 0 bridgehead atoms. The molecule has 1 aromatic heterocycles. The fourth-order valence-electron chi connectivity index (χ4n) is 1.73. The highest BCUT2D eigenvalue weighted by Crippen LogP contribution is 2.15. The van der Waals surface area contributed by atoms with Crippen molar-refractivity contribution in [3.05, 3.63) is 59.0 Å². The lowest BCUT2D eigenvalue weighted by molar-refractivity contribution is -0.123. The Balaban J connectivity index is 1.67. The summed E-state index contributed by atoms with van der Waals surface area (Å²) in [4.78, 5) is 23.4. The van der Waals surface area contributed by atoms with Gasteiger partial charge in [0, 0.05) is 11.1 Å². The highest BCUT2D eigenvalue weighted by atomic mass is 35.5. The van der Waals surface area contributed by atoms with Gasteiger partial charge in [-0.2, -0.15) is 0 Å². The average Bonchev–Trinajstić information content (AvgIpc) is 3.03. The number of carbonyl (C=O) groups excluding carboxylic acids is 2. The van der Waals surface area contributed by atoms with E-state index in [2.05, 4.69) is 16.2 Å². The predicted octanol–water partition coefficient (Wildman–Crippen LogP) is 2.36. The first kappa shape index (κ1) is 19.5. The second kappa shape index (κ2) is 9.59. The molecule has 7 nitrogen and oxygen atoms in total. The number of aryl methyl sites for hydroxylation is 1. The number of rotatable bonds is 5. The van der Waals surface area contributed by atoms with Crippen LogP contribution in [0.3, 0.4) is 0 Å². The topological polar surface area (TPSA) is 92.6 Å². The van der Waals surface area contributed by atoms with Crippen molar-refractivity contribution in [1.29, 1.82) is 0 Å². The van der Waals surface area contributed by atoms with Crippen LogP contribution in [0.4, 0.5) is 0 Å². The summed E-state index contributed by atoms with van der Waals surface area (Å²) in [6.07, 6.45) is 2.77. The van der Waals surface area contributed by atoms with E-state index < -0.39 is 11.8 Å². The van der Waals surface area contributed by atoms with Crippen LogP contribution in [0, 0.1) is 6.92 Å². The SMILES string of the molecule is Cc1ccc(C=CC(=O)NC(=S)NNC(=O)COc2ccc(Cl)cc2)o1. The summed E-state index contributed by atoms with van der Waals surface area (Å²) in [5, 5.41) is 2.89. The number of carbonyl (C=O) groups is 2. The van der Waals surface area contributed by atoms with Crippen molar-refractivity contribution >= 4 is 46.8 Å². The summed E-state index contributed by atoms with van der Waals surface area (Å²) in [7, 11) is 0. The molecule has 0 aliphatic carbocycles. The van der Waals surface area contributed by atoms with Gasteiger partial charge in [0.2, 0.25) is 5.91 Å². The van der Waals surface area contributed by atoms with Crippen molar-refractivity contribution in [2.24, 2.45) is 0 Å². The molecule has 0 saturated carbocycles. The van der Waals surface area contributed by atoms with Crippen molar-refractivity contribution in [3.8, 4) is 5.75 Å². The fraction of sp³-hybridized carbons (Fsp3) is 0.118. The number of halogens is 1. The van der Waals surface area contributed by atoms with E-state index in [1.54, 1.807) is 43.3 Å². The maximum Gasteiger partial charge on any atom is 0.276 e. The van der Waals surface area contributed by atoms with Gasteiger partial charge in [0.05, 0.1) is 0 Å². The number of furan rings is 1. The molecule has 136 valence electrons. The Morgan fingerprint density at radius 2 is 1.92 bits per heavy atom. The predicted molar refractivity (Wildman–Crippen MR) is 101 cm³/mol. The summed E-state index contributed by atoms with van der Waals surface area (Å²) in [6.45, 7) is 1.57. The van der Waals surface area contributed by atoms with Crippen LogP contribution in [0.1, 0.15) is 11.5 Å². The molecule has 0 saturated heterocycles. The van der Waals surface area contributed by atoms with E-state index in [1.165, 1.54) is 12.2 Å². The van der Waals surface area contributed by atoms with Crippen LogP contribution in [0.15, 0.2) is 46.9 Å². The average molecular weight is 394 g/mol. The smallest absolute Gasteiger partial charge is 0.276 e. The van der Waals surface area contributed by atoms with Crippen molar-refractivity contribution in [1.82, 2.24) is 16.2 Å². The Morgan fingerprint density at radius 3 is 2.58 bits per heavy atom. The molecular formula is C17H16ClN3O4S. The molecule has 0 aliphatic heterocycles. The molecule has 3 N–H and O–H groups in total. The normalized spacial score (nSPS) is 10.4. The number of benzene rings is 1. The van der Waals surface area contributed by atoms with Gasteiger partial charge in [-0.3, -0.25) is 25.8 Å². The van der Waals surface area contributed by atoms with Crippen LogP contribution in [0.5, 0.6) is 5.75 Å². The van der Waals surface area contributed by atoms with Gasteiger partial charge in [-0.05, 0) is 61.6 Å². The van der Waals surface area contributed by atoms with Gasteiger partial charge in [0.1, 0.15) is 17.3 Å².